The standard InChI is InChI=1S/C17H24F2N2O3S/c1-20-17(13-9-6-10-14(18)16(13)19)15(11-24-20)25(22,23)21(2)12-7-4-3-5-8-12/h6,9-10,12,15,17H,3-5,7-8,11H2,1-2H3. The van der Waals surface area contributed by atoms with Gasteiger partial charge in [0.2, 0.25) is 10.0 Å². The lowest BCUT2D eigenvalue weighted by molar-refractivity contribution is -0.111. The van der Waals surface area contributed by atoms with Crippen molar-refractivity contribution in [2.45, 2.75) is 49.4 Å². The number of hydrogen-bond acceptors (Lipinski definition) is 4. The molecule has 1 aromatic rings. The second-order valence-corrected chi connectivity index (χ2v) is 9.03. The van der Waals surface area contributed by atoms with Crippen LogP contribution in [0.1, 0.15) is 43.7 Å². The van der Waals surface area contributed by atoms with Gasteiger partial charge in [-0.2, -0.15) is 5.06 Å². The summed E-state index contributed by atoms with van der Waals surface area (Å²) >= 11 is 0. The van der Waals surface area contributed by atoms with E-state index in [1.54, 1.807) is 14.1 Å². The SMILES string of the molecule is CN1OCC(S(=O)(=O)N(C)C2CCCCC2)C1c1cccc(F)c1F. The van der Waals surface area contributed by atoms with Gasteiger partial charge in [0, 0.05) is 25.7 Å². The average Bonchev–Trinajstić information content (AvgIpc) is 2.99. The van der Waals surface area contributed by atoms with Gasteiger partial charge in [-0.3, -0.25) is 4.84 Å². The van der Waals surface area contributed by atoms with Crippen LogP contribution in [0.15, 0.2) is 18.2 Å². The first-order valence-electron chi connectivity index (χ1n) is 8.60. The van der Waals surface area contributed by atoms with Crippen LogP contribution in [0.3, 0.4) is 0 Å². The van der Waals surface area contributed by atoms with E-state index in [2.05, 4.69) is 0 Å². The van der Waals surface area contributed by atoms with E-state index in [0.29, 0.717) is 0 Å². The van der Waals surface area contributed by atoms with Gasteiger partial charge in [0.05, 0.1) is 12.6 Å². The molecule has 1 aliphatic carbocycles. The Kier molecular flexibility index (Phi) is 5.43. The van der Waals surface area contributed by atoms with Crippen molar-refractivity contribution in [3.63, 3.8) is 0 Å². The van der Waals surface area contributed by atoms with Crippen LogP contribution in [0.5, 0.6) is 0 Å². The molecule has 1 saturated carbocycles. The maximum Gasteiger partial charge on any atom is 0.221 e. The van der Waals surface area contributed by atoms with E-state index in [0.717, 1.165) is 38.2 Å². The predicted molar refractivity (Wildman–Crippen MR) is 90.2 cm³/mol. The molecule has 2 atom stereocenters. The lowest BCUT2D eigenvalue weighted by Crippen LogP contribution is -2.46. The summed E-state index contributed by atoms with van der Waals surface area (Å²) in [6.07, 6.45) is 4.80. The van der Waals surface area contributed by atoms with Crippen molar-refractivity contribution >= 4 is 10.0 Å². The van der Waals surface area contributed by atoms with Gasteiger partial charge in [-0.1, -0.05) is 31.4 Å². The molecule has 0 radical (unpaired) electrons. The van der Waals surface area contributed by atoms with E-state index in [1.165, 1.54) is 21.5 Å². The minimum atomic E-state index is -3.72. The summed E-state index contributed by atoms with van der Waals surface area (Å²) in [5.41, 5.74) is 0.00520. The Morgan fingerprint density at radius 1 is 1.20 bits per heavy atom. The molecule has 2 fully saturated rings. The highest BCUT2D eigenvalue weighted by Crippen LogP contribution is 2.37. The molecule has 0 bridgehead atoms. The fraction of sp³-hybridized carbons (Fsp3) is 0.647. The summed E-state index contributed by atoms with van der Waals surface area (Å²) in [7, 11) is -0.588. The van der Waals surface area contributed by atoms with Gasteiger partial charge < -0.3 is 0 Å². The Balaban J connectivity index is 1.92. The third kappa shape index (κ3) is 3.45. The van der Waals surface area contributed by atoms with Crippen molar-refractivity contribution in [1.82, 2.24) is 9.37 Å². The molecule has 25 heavy (non-hydrogen) atoms. The highest BCUT2D eigenvalue weighted by molar-refractivity contribution is 7.89. The molecule has 1 saturated heterocycles. The van der Waals surface area contributed by atoms with Gasteiger partial charge in [-0.15, -0.1) is 0 Å². The molecule has 1 aromatic carbocycles. The summed E-state index contributed by atoms with van der Waals surface area (Å²) in [4.78, 5) is 5.39. The minimum absolute atomic E-state index is 0.00520. The zero-order valence-corrected chi connectivity index (χ0v) is 15.3. The smallest absolute Gasteiger partial charge is 0.221 e. The van der Waals surface area contributed by atoms with Crippen molar-refractivity contribution < 1.29 is 22.0 Å². The monoisotopic (exact) mass is 374 g/mol. The quantitative estimate of drug-likeness (QED) is 0.813. The molecule has 1 heterocycles. The van der Waals surface area contributed by atoms with Crippen LogP contribution < -0.4 is 0 Å². The Morgan fingerprint density at radius 3 is 2.56 bits per heavy atom. The van der Waals surface area contributed by atoms with Crippen LogP contribution in [-0.2, 0) is 14.9 Å². The fourth-order valence-electron chi connectivity index (χ4n) is 3.86. The van der Waals surface area contributed by atoms with Crippen molar-refractivity contribution in [2.75, 3.05) is 20.7 Å². The van der Waals surface area contributed by atoms with Crippen LogP contribution in [0.25, 0.3) is 0 Å². The minimum Gasteiger partial charge on any atom is -0.297 e. The summed E-state index contributed by atoms with van der Waals surface area (Å²) in [5, 5.41) is 0.343. The van der Waals surface area contributed by atoms with Gasteiger partial charge in [-0.25, -0.2) is 21.5 Å². The number of halogens is 2. The number of benzene rings is 1. The molecule has 0 spiro atoms. The van der Waals surface area contributed by atoms with Crippen LogP contribution in [0.2, 0.25) is 0 Å². The van der Waals surface area contributed by atoms with E-state index in [4.69, 9.17) is 4.84 Å². The second-order valence-electron chi connectivity index (χ2n) is 6.82. The first-order valence-corrected chi connectivity index (χ1v) is 10.1. The van der Waals surface area contributed by atoms with Crippen LogP contribution in [0.4, 0.5) is 8.78 Å². The Labute approximate surface area is 147 Å². The zero-order chi connectivity index (χ0) is 18.2. The first kappa shape index (κ1) is 18.7. The molecule has 8 heteroatoms. The maximum atomic E-state index is 14.3. The molecule has 2 aliphatic rings. The first-order chi connectivity index (χ1) is 11.8. The van der Waals surface area contributed by atoms with Crippen LogP contribution in [-0.4, -0.2) is 49.8 Å². The molecule has 0 amide bonds. The summed E-state index contributed by atoms with van der Waals surface area (Å²) < 4.78 is 55.7. The van der Waals surface area contributed by atoms with Gasteiger partial charge in [0.25, 0.3) is 0 Å². The summed E-state index contributed by atoms with van der Waals surface area (Å²) in [5.74, 6) is -2.01. The summed E-state index contributed by atoms with van der Waals surface area (Å²) in [6, 6.07) is 2.90. The molecule has 140 valence electrons. The lowest BCUT2D eigenvalue weighted by Gasteiger charge is -2.33. The number of nitrogens with zero attached hydrogens (tertiary/aromatic N) is 2. The Morgan fingerprint density at radius 2 is 1.88 bits per heavy atom. The molecule has 3 rings (SSSR count). The van der Waals surface area contributed by atoms with Crippen molar-refractivity contribution in [2.24, 2.45) is 0 Å². The second kappa shape index (κ2) is 7.26. The van der Waals surface area contributed by atoms with Gasteiger partial charge in [0.15, 0.2) is 11.6 Å². The number of hydrogen-bond donors (Lipinski definition) is 0. The molecule has 1 aliphatic heterocycles. The third-order valence-corrected chi connectivity index (χ3v) is 7.62. The molecule has 0 N–H and O–H groups in total. The number of rotatable bonds is 4. The van der Waals surface area contributed by atoms with Crippen LogP contribution in [0, 0.1) is 11.6 Å². The molecular formula is C17H24F2N2O3S. The van der Waals surface area contributed by atoms with Gasteiger partial charge in [-0.05, 0) is 18.9 Å². The van der Waals surface area contributed by atoms with Crippen LogP contribution >= 0.6 is 0 Å². The highest BCUT2D eigenvalue weighted by Gasteiger charge is 2.47. The number of sulfonamides is 1. The average molecular weight is 374 g/mol. The summed E-state index contributed by atoms with van der Waals surface area (Å²) in [6.45, 7) is -0.0729. The maximum absolute atomic E-state index is 14.3. The van der Waals surface area contributed by atoms with Crippen molar-refractivity contribution in [1.29, 1.82) is 0 Å². The van der Waals surface area contributed by atoms with Crippen molar-refractivity contribution in [3.05, 3.63) is 35.4 Å². The molecular weight excluding hydrogens is 350 g/mol. The Hall–Kier alpha value is -1.09. The van der Waals surface area contributed by atoms with E-state index in [1.807, 2.05) is 0 Å². The number of hydroxylamine groups is 2. The fourth-order valence-corrected chi connectivity index (χ4v) is 5.79. The molecule has 0 aromatic heterocycles. The third-order valence-electron chi connectivity index (χ3n) is 5.36. The van der Waals surface area contributed by atoms with E-state index in [-0.39, 0.29) is 18.2 Å². The topological polar surface area (TPSA) is 49.9 Å². The van der Waals surface area contributed by atoms with Gasteiger partial charge in [0.1, 0.15) is 5.25 Å². The van der Waals surface area contributed by atoms with E-state index < -0.39 is 32.9 Å². The lowest BCUT2D eigenvalue weighted by atomic mass is 9.96. The molecule has 2 unspecified atom stereocenters. The largest absolute Gasteiger partial charge is 0.297 e. The van der Waals surface area contributed by atoms with E-state index >= 15 is 0 Å². The molecule has 5 nitrogen and oxygen atoms in total. The Bertz CT molecular complexity index is 723. The van der Waals surface area contributed by atoms with Gasteiger partial charge >= 0.3 is 0 Å². The predicted octanol–water partition coefficient (Wildman–Crippen LogP) is 2.85. The van der Waals surface area contributed by atoms with Crippen molar-refractivity contribution in [3.8, 4) is 0 Å². The zero-order valence-electron chi connectivity index (χ0n) is 14.5. The normalized spacial score (nSPS) is 26.4. The highest BCUT2D eigenvalue weighted by atomic mass is 32.2. The van der Waals surface area contributed by atoms with E-state index in [9.17, 15) is 17.2 Å².